The Labute approximate surface area is 129 Å². The van der Waals surface area contributed by atoms with Crippen LogP contribution in [-0.2, 0) is 6.18 Å². The Morgan fingerprint density at radius 2 is 1.77 bits per heavy atom. The van der Waals surface area contributed by atoms with E-state index in [1.807, 2.05) is 0 Å². The van der Waals surface area contributed by atoms with E-state index in [0.717, 1.165) is 51.3 Å². The summed E-state index contributed by atoms with van der Waals surface area (Å²) in [5, 5.41) is 10.2. The zero-order valence-corrected chi connectivity index (χ0v) is 12.8. The monoisotopic (exact) mass is 316 g/mol. The second-order valence-corrected chi connectivity index (χ2v) is 5.78. The number of aliphatic hydroxyl groups is 1. The van der Waals surface area contributed by atoms with Crippen molar-refractivity contribution in [1.82, 2.24) is 9.80 Å². The number of rotatable bonds is 5. The topological polar surface area (TPSA) is 26.7 Å². The third kappa shape index (κ3) is 4.69. The maximum atomic E-state index is 12.7. The standard InChI is InChI=1S/C16H23F3N2O/c1-2-6-20-7-9-21(10-8-20)12-15(22)13-4-3-5-14(11-13)16(17,18)19/h3-5,11,15,22H,2,6-10,12H2,1H3/t15-/m0/s1. The highest BCUT2D eigenvalue weighted by Crippen LogP contribution is 2.30. The van der Waals surface area contributed by atoms with Crippen molar-refractivity contribution in [3.63, 3.8) is 0 Å². The lowest BCUT2D eigenvalue weighted by atomic mass is 10.0. The molecule has 1 saturated heterocycles. The van der Waals surface area contributed by atoms with Gasteiger partial charge >= 0.3 is 6.18 Å². The number of β-amino-alcohol motifs (C(OH)–C–C–N with tert-alkyl or cyclic N) is 1. The fourth-order valence-electron chi connectivity index (χ4n) is 2.78. The maximum absolute atomic E-state index is 12.7. The lowest BCUT2D eigenvalue weighted by Crippen LogP contribution is -2.47. The van der Waals surface area contributed by atoms with Crippen LogP contribution in [0.3, 0.4) is 0 Å². The van der Waals surface area contributed by atoms with Crippen LogP contribution in [0.1, 0.15) is 30.6 Å². The molecule has 0 radical (unpaired) electrons. The second-order valence-electron chi connectivity index (χ2n) is 5.78. The van der Waals surface area contributed by atoms with Gasteiger partial charge in [-0.1, -0.05) is 19.1 Å². The molecule has 1 aromatic carbocycles. The van der Waals surface area contributed by atoms with Crippen LogP contribution in [-0.4, -0.2) is 54.2 Å². The molecule has 1 aliphatic rings. The molecule has 124 valence electrons. The molecular weight excluding hydrogens is 293 g/mol. The highest BCUT2D eigenvalue weighted by Gasteiger charge is 2.31. The van der Waals surface area contributed by atoms with E-state index < -0.39 is 17.8 Å². The smallest absolute Gasteiger partial charge is 0.387 e. The number of benzene rings is 1. The molecule has 1 aliphatic heterocycles. The van der Waals surface area contributed by atoms with Gasteiger partial charge in [-0.2, -0.15) is 13.2 Å². The Bertz CT molecular complexity index is 471. The molecule has 0 aliphatic carbocycles. The van der Waals surface area contributed by atoms with E-state index in [1.165, 1.54) is 6.07 Å². The van der Waals surface area contributed by atoms with Crippen LogP contribution in [0.2, 0.25) is 0 Å². The number of nitrogens with zero attached hydrogens (tertiary/aromatic N) is 2. The molecule has 0 unspecified atom stereocenters. The zero-order valence-electron chi connectivity index (χ0n) is 12.8. The fraction of sp³-hybridized carbons (Fsp3) is 0.625. The largest absolute Gasteiger partial charge is 0.416 e. The van der Waals surface area contributed by atoms with Gasteiger partial charge in [0.25, 0.3) is 0 Å². The molecule has 0 amide bonds. The van der Waals surface area contributed by atoms with Crippen LogP contribution >= 0.6 is 0 Å². The van der Waals surface area contributed by atoms with E-state index in [9.17, 15) is 18.3 Å². The van der Waals surface area contributed by atoms with Crippen LogP contribution in [0.15, 0.2) is 24.3 Å². The average molecular weight is 316 g/mol. The van der Waals surface area contributed by atoms with Gasteiger partial charge < -0.3 is 10.0 Å². The first-order chi connectivity index (χ1) is 10.4. The SMILES string of the molecule is CCCN1CCN(C[C@H](O)c2cccc(C(F)(F)F)c2)CC1. The van der Waals surface area contributed by atoms with Crippen LogP contribution in [0.5, 0.6) is 0 Å². The molecule has 0 bridgehead atoms. The van der Waals surface area contributed by atoms with E-state index >= 15 is 0 Å². The molecule has 1 N–H and O–H groups in total. The summed E-state index contributed by atoms with van der Waals surface area (Å²) in [4.78, 5) is 4.48. The first-order valence-electron chi connectivity index (χ1n) is 7.70. The second kappa shape index (κ2) is 7.44. The molecule has 1 fully saturated rings. The van der Waals surface area contributed by atoms with E-state index in [4.69, 9.17) is 0 Å². The van der Waals surface area contributed by atoms with E-state index in [2.05, 4.69) is 16.7 Å². The van der Waals surface area contributed by atoms with Crippen LogP contribution in [0.4, 0.5) is 13.2 Å². The van der Waals surface area contributed by atoms with Gasteiger partial charge in [-0.25, -0.2) is 0 Å². The van der Waals surface area contributed by atoms with Crippen molar-refractivity contribution >= 4 is 0 Å². The lowest BCUT2D eigenvalue weighted by molar-refractivity contribution is -0.137. The molecular formula is C16H23F3N2O. The number of hydrogen-bond acceptors (Lipinski definition) is 3. The predicted octanol–water partition coefficient (Wildman–Crippen LogP) is 2.77. The Kier molecular flexibility index (Phi) is 5.83. The number of alkyl halides is 3. The molecule has 2 rings (SSSR count). The average Bonchev–Trinajstić information content (AvgIpc) is 2.49. The molecule has 1 heterocycles. The van der Waals surface area contributed by atoms with Crippen molar-refractivity contribution in [1.29, 1.82) is 0 Å². The summed E-state index contributed by atoms with van der Waals surface area (Å²) in [5.41, 5.74) is -0.386. The molecule has 1 atom stereocenters. The third-order valence-electron chi connectivity index (χ3n) is 4.03. The molecule has 3 nitrogen and oxygen atoms in total. The van der Waals surface area contributed by atoms with Crippen molar-refractivity contribution in [2.24, 2.45) is 0 Å². The summed E-state index contributed by atoms with van der Waals surface area (Å²) >= 11 is 0. The van der Waals surface area contributed by atoms with E-state index in [1.54, 1.807) is 6.07 Å². The lowest BCUT2D eigenvalue weighted by Gasteiger charge is -2.35. The number of halogens is 3. The Balaban J connectivity index is 1.91. The van der Waals surface area contributed by atoms with Crippen molar-refractivity contribution < 1.29 is 18.3 Å². The highest BCUT2D eigenvalue weighted by atomic mass is 19.4. The molecule has 0 spiro atoms. The van der Waals surface area contributed by atoms with E-state index in [0.29, 0.717) is 12.1 Å². The van der Waals surface area contributed by atoms with Gasteiger partial charge in [0.05, 0.1) is 11.7 Å². The fourth-order valence-corrected chi connectivity index (χ4v) is 2.78. The molecule has 0 saturated carbocycles. The van der Waals surface area contributed by atoms with Gasteiger partial charge in [0.15, 0.2) is 0 Å². The van der Waals surface area contributed by atoms with Crippen LogP contribution < -0.4 is 0 Å². The van der Waals surface area contributed by atoms with Gasteiger partial charge in [0.1, 0.15) is 0 Å². The summed E-state index contributed by atoms with van der Waals surface area (Å²) in [6.07, 6.45) is -4.14. The maximum Gasteiger partial charge on any atom is 0.416 e. The van der Waals surface area contributed by atoms with Gasteiger partial charge in [0.2, 0.25) is 0 Å². The summed E-state index contributed by atoms with van der Waals surface area (Å²) in [6, 6.07) is 4.96. The number of piperazine rings is 1. The quantitative estimate of drug-likeness (QED) is 0.905. The van der Waals surface area contributed by atoms with Crippen molar-refractivity contribution in [2.45, 2.75) is 25.6 Å². The van der Waals surface area contributed by atoms with Gasteiger partial charge in [0, 0.05) is 32.7 Å². The van der Waals surface area contributed by atoms with Gasteiger partial charge in [-0.15, -0.1) is 0 Å². The molecule has 0 aromatic heterocycles. The zero-order chi connectivity index (χ0) is 16.2. The van der Waals surface area contributed by atoms with Crippen molar-refractivity contribution in [2.75, 3.05) is 39.3 Å². The predicted molar refractivity (Wildman–Crippen MR) is 79.6 cm³/mol. The Morgan fingerprint density at radius 1 is 1.14 bits per heavy atom. The third-order valence-corrected chi connectivity index (χ3v) is 4.03. The van der Waals surface area contributed by atoms with E-state index in [-0.39, 0.29) is 0 Å². The first-order valence-corrected chi connectivity index (χ1v) is 7.70. The number of hydrogen-bond donors (Lipinski definition) is 1. The first kappa shape index (κ1) is 17.2. The van der Waals surface area contributed by atoms with Gasteiger partial charge in [-0.3, -0.25) is 4.90 Å². The minimum atomic E-state index is -4.37. The molecule has 6 heteroatoms. The summed E-state index contributed by atoms with van der Waals surface area (Å²) in [5.74, 6) is 0. The molecule has 1 aromatic rings. The minimum absolute atomic E-state index is 0.325. The number of aliphatic hydroxyl groups excluding tert-OH is 1. The van der Waals surface area contributed by atoms with Crippen molar-refractivity contribution in [3.05, 3.63) is 35.4 Å². The van der Waals surface area contributed by atoms with Crippen LogP contribution in [0, 0.1) is 0 Å². The normalized spacial score (nSPS) is 19.3. The summed E-state index contributed by atoms with van der Waals surface area (Å²) in [6.45, 7) is 7.17. The molecule has 22 heavy (non-hydrogen) atoms. The summed E-state index contributed by atoms with van der Waals surface area (Å²) < 4.78 is 38.1. The minimum Gasteiger partial charge on any atom is -0.387 e. The summed E-state index contributed by atoms with van der Waals surface area (Å²) in [7, 11) is 0. The Morgan fingerprint density at radius 3 is 2.36 bits per heavy atom. The Hall–Kier alpha value is -1.11. The van der Waals surface area contributed by atoms with Crippen LogP contribution in [0.25, 0.3) is 0 Å². The highest BCUT2D eigenvalue weighted by molar-refractivity contribution is 5.27. The van der Waals surface area contributed by atoms with Crippen molar-refractivity contribution in [3.8, 4) is 0 Å². The van der Waals surface area contributed by atoms with Gasteiger partial charge in [-0.05, 0) is 30.7 Å².